The molecule has 0 aliphatic heterocycles. The van der Waals surface area contributed by atoms with E-state index in [2.05, 4.69) is 10.3 Å². The fraction of sp³-hybridized carbons (Fsp3) is 0.250. The number of para-hydroxylation sites is 1. The van der Waals surface area contributed by atoms with E-state index in [1.165, 1.54) is 6.07 Å². The zero-order valence-electron chi connectivity index (χ0n) is 12.1. The Morgan fingerprint density at radius 1 is 1.24 bits per heavy atom. The Labute approximate surface area is 123 Å². The van der Waals surface area contributed by atoms with Crippen molar-refractivity contribution in [3.05, 3.63) is 64.1 Å². The maximum absolute atomic E-state index is 12.0. The minimum Gasteiger partial charge on any atom is -0.491 e. The van der Waals surface area contributed by atoms with E-state index < -0.39 is 5.91 Å². The number of aromatic nitrogens is 1. The van der Waals surface area contributed by atoms with E-state index in [1.807, 2.05) is 37.3 Å². The maximum Gasteiger partial charge on any atom is 0.260 e. The Hall–Kier alpha value is -2.56. The molecular weight excluding hydrogens is 268 g/mol. The van der Waals surface area contributed by atoms with Gasteiger partial charge in [0.2, 0.25) is 0 Å². The van der Waals surface area contributed by atoms with Crippen LogP contribution in [0.2, 0.25) is 0 Å². The molecule has 5 nitrogen and oxygen atoms in total. The molecule has 1 amide bonds. The summed E-state index contributed by atoms with van der Waals surface area (Å²) in [5, 5.41) is 2.74. The first-order valence-corrected chi connectivity index (χ1v) is 6.75. The standard InChI is InChI=1S/C16H18N2O3/c1-11-8-9-14(15(19)17-11)16(20)18-12(2)10-21-13-6-4-3-5-7-13/h3-9,12H,10H2,1-2H3,(H,17,19)(H,18,20)/t12-/m1/s1. The van der Waals surface area contributed by atoms with E-state index in [4.69, 9.17) is 4.74 Å². The molecule has 1 atom stereocenters. The van der Waals surface area contributed by atoms with E-state index in [0.29, 0.717) is 6.61 Å². The first-order valence-electron chi connectivity index (χ1n) is 6.75. The highest BCUT2D eigenvalue weighted by atomic mass is 16.5. The molecule has 1 aromatic heterocycles. The van der Waals surface area contributed by atoms with Crippen LogP contribution in [0, 0.1) is 6.92 Å². The Morgan fingerprint density at radius 3 is 2.62 bits per heavy atom. The summed E-state index contributed by atoms with van der Waals surface area (Å²) in [6.45, 7) is 3.92. The van der Waals surface area contributed by atoms with Crippen molar-refractivity contribution in [3.63, 3.8) is 0 Å². The zero-order chi connectivity index (χ0) is 15.2. The highest BCUT2D eigenvalue weighted by Crippen LogP contribution is 2.08. The Balaban J connectivity index is 1.91. The number of benzene rings is 1. The predicted molar refractivity (Wildman–Crippen MR) is 80.7 cm³/mol. The number of carbonyl (C=O) groups excluding carboxylic acids is 1. The highest BCUT2D eigenvalue weighted by Gasteiger charge is 2.13. The Morgan fingerprint density at radius 2 is 1.95 bits per heavy atom. The third kappa shape index (κ3) is 4.21. The number of carbonyl (C=O) groups is 1. The number of H-pyrrole nitrogens is 1. The second-order valence-electron chi connectivity index (χ2n) is 4.88. The van der Waals surface area contributed by atoms with Gasteiger partial charge in [-0.3, -0.25) is 9.59 Å². The van der Waals surface area contributed by atoms with Crippen LogP contribution in [0.3, 0.4) is 0 Å². The van der Waals surface area contributed by atoms with Crippen molar-refractivity contribution in [2.75, 3.05) is 6.61 Å². The topological polar surface area (TPSA) is 71.2 Å². The van der Waals surface area contributed by atoms with Crippen molar-refractivity contribution < 1.29 is 9.53 Å². The predicted octanol–water partition coefficient (Wildman–Crippen LogP) is 1.88. The maximum atomic E-state index is 12.0. The molecule has 0 unspecified atom stereocenters. The van der Waals surface area contributed by atoms with Gasteiger partial charge in [0, 0.05) is 5.69 Å². The van der Waals surface area contributed by atoms with E-state index in [9.17, 15) is 9.59 Å². The molecular formula is C16H18N2O3. The zero-order valence-corrected chi connectivity index (χ0v) is 12.1. The summed E-state index contributed by atoms with van der Waals surface area (Å²) in [4.78, 5) is 26.3. The fourth-order valence-corrected chi connectivity index (χ4v) is 1.83. The minimum atomic E-state index is -0.402. The molecule has 2 aromatic rings. The second-order valence-corrected chi connectivity index (χ2v) is 4.88. The first-order chi connectivity index (χ1) is 10.1. The number of amides is 1. The summed E-state index contributed by atoms with van der Waals surface area (Å²) < 4.78 is 5.55. The molecule has 110 valence electrons. The average Bonchev–Trinajstić information content (AvgIpc) is 2.46. The van der Waals surface area contributed by atoms with Crippen LogP contribution in [0.15, 0.2) is 47.3 Å². The van der Waals surface area contributed by atoms with Gasteiger partial charge in [-0.2, -0.15) is 0 Å². The van der Waals surface area contributed by atoms with Gasteiger partial charge in [-0.05, 0) is 38.1 Å². The van der Waals surface area contributed by atoms with Gasteiger partial charge in [-0.1, -0.05) is 18.2 Å². The summed E-state index contributed by atoms with van der Waals surface area (Å²) in [6, 6.07) is 12.4. The number of ether oxygens (including phenoxy) is 1. The second kappa shape index (κ2) is 6.74. The molecule has 0 aliphatic carbocycles. The number of hydrogen-bond donors (Lipinski definition) is 2. The lowest BCUT2D eigenvalue weighted by Crippen LogP contribution is -2.39. The van der Waals surface area contributed by atoms with Crippen molar-refractivity contribution in [2.24, 2.45) is 0 Å². The normalized spacial score (nSPS) is 11.7. The number of aryl methyl sites for hydroxylation is 1. The Kier molecular flexibility index (Phi) is 4.77. The lowest BCUT2D eigenvalue weighted by atomic mass is 10.2. The molecule has 0 spiro atoms. The number of aromatic amines is 1. The van der Waals surface area contributed by atoms with E-state index in [0.717, 1.165) is 11.4 Å². The van der Waals surface area contributed by atoms with E-state index in [1.54, 1.807) is 13.0 Å². The number of rotatable bonds is 5. The number of hydrogen-bond acceptors (Lipinski definition) is 3. The van der Waals surface area contributed by atoms with Crippen LogP contribution in [-0.4, -0.2) is 23.5 Å². The van der Waals surface area contributed by atoms with Gasteiger partial charge >= 0.3 is 0 Å². The smallest absolute Gasteiger partial charge is 0.260 e. The van der Waals surface area contributed by atoms with Crippen LogP contribution in [-0.2, 0) is 0 Å². The largest absolute Gasteiger partial charge is 0.491 e. The molecule has 0 radical (unpaired) electrons. The number of pyridine rings is 1. The summed E-state index contributed by atoms with van der Waals surface area (Å²) in [5.41, 5.74) is 0.438. The van der Waals surface area contributed by atoms with Crippen LogP contribution in [0.25, 0.3) is 0 Å². The average molecular weight is 286 g/mol. The Bertz CT molecular complexity index is 665. The molecule has 0 saturated heterocycles. The van der Waals surface area contributed by atoms with Gasteiger partial charge in [0.1, 0.15) is 17.9 Å². The van der Waals surface area contributed by atoms with Crippen LogP contribution in [0.4, 0.5) is 0 Å². The van der Waals surface area contributed by atoms with Crippen LogP contribution >= 0.6 is 0 Å². The fourth-order valence-electron chi connectivity index (χ4n) is 1.83. The van der Waals surface area contributed by atoms with Crippen molar-refractivity contribution in [1.29, 1.82) is 0 Å². The number of nitrogens with one attached hydrogen (secondary N) is 2. The van der Waals surface area contributed by atoms with Gasteiger partial charge in [0.15, 0.2) is 0 Å². The van der Waals surface area contributed by atoms with Gasteiger partial charge in [-0.15, -0.1) is 0 Å². The lowest BCUT2D eigenvalue weighted by Gasteiger charge is -2.14. The van der Waals surface area contributed by atoms with Crippen molar-refractivity contribution in [3.8, 4) is 5.75 Å². The first kappa shape index (κ1) is 14.8. The highest BCUT2D eigenvalue weighted by molar-refractivity contribution is 5.93. The molecule has 0 saturated carbocycles. The van der Waals surface area contributed by atoms with Crippen LogP contribution < -0.4 is 15.6 Å². The molecule has 2 rings (SSSR count). The molecule has 0 fully saturated rings. The van der Waals surface area contributed by atoms with Gasteiger partial charge in [0.05, 0.1) is 6.04 Å². The van der Waals surface area contributed by atoms with E-state index >= 15 is 0 Å². The molecule has 1 aromatic carbocycles. The van der Waals surface area contributed by atoms with Crippen LogP contribution in [0.1, 0.15) is 23.0 Å². The van der Waals surface area contributed by atoms with Gasteiger partial charge in [0.25, 0.3) is 11.5 Å². The van der Waals surface area contributed by atoms with Crippen molar-refractivity contribution >= 4 is 5.91 Å². The summed E-state index contributed by atoms with van der Waals surface area (Å²) >= 11 is 0. The van der Waals surface area contributed by atoms with Gasteiger partial charge < -0.3 is 15.0 Å². The van der Waals surface area contributed by atoms with Crippen molar-refractivity contribution in [2.45, 2.75) is 19.9 Å². The third-order valence-electron chi connectivity index (χ3n) is 2.92. The molecule has 0 bridgehead atoms. The molecule has 21 heavy (non-hydrogen) atoms. The monoisotopic (exact) mass is 286 g/mol. The van der Waals surface area contributed by atoms with Crippen LogP contribution in [0.5, 0.6) is 5.75 Å². The molecule has 5 heteroatoms. The SMILES string of the molecule is Cc1ccc(C(=O)N[C@H](C)COc2ccccc2)c(=O)[nH]1. The lowest BCUT2D eigenvalue weighted by molar-refractivity contribution is 0.0925. The van der Waals surface area contributed by atoms with Gasteiger partial charge in [-0.25, -0.2) is 0 Å². The summed E-state index contributed by atoms with van der Waals surface area (Å²) in [6.07, 6.45) is 0. The minimum absolute atomic E-state index is 0.104. The summed E-state index contributed by atoms with van der Waals surface area (Å²) in [5.74, 6) is 0.340. The molecule has 2 N–H and O–H groups in total. The van der Waals surface area contributed by atoms with E-state index in [-0.39, 0.29) is 17.2 Å². The molecule has 0 aliphatic rings. The molecule has 1 heterocycles. The quantitative estimate of drug-likeness (QED) is 0.881. The van der Waals surface area contributed by atoms with Crippen molar-refractivity contribution in [1.82, 2.24) is 10.3 Å². The third-order valence-corrected chi connectivity index (χ3v) is 2.92. The summed E-state index contributed by atoms with van der Waals surface area (Å²) in [7, 11) is 0.